The molecule has 2 aliphatic rings. The van der Waals surface area contributed by atoms with Crippen molar-refractivity contribution in [1.29, 1.82) is 0 Å². The highest BCUT2D eigenvalue weighted by molar-refractivity contribution is 5.99. The lowest BCUT2D eigenvalue weighted by atomic mass is 9.91. The monoisotopic (exact) mass is 480 g/mol. The van der Waals surface area contributed by atoms with Crippen molar-refractivity contribution in [2.24, 2.45) is 5.73 Å². The third-order valence-corrected chi connectivity index (χ3v) is 6.86. The van der Waals surface area contributed by atoms with Crippen molar-refractivity contribution < 1.29 is 18.8 Å². The van der Waals surface area contributed by atoms with E-state index in [0.717, 1.165) is 37.3 Å². The molecule has 3 amide bonds. The van der Waals surface area contributed by atoms with E-state index in [1.165, 1.54) is 28.0 Å². The third kappa shape index (κ3) is 6.25. The van der Waals surface area contributed by atoms with E-state index in [1.54, 1.807) is 0 Å². The van der Waals surface area contributed by atoms with Crippen LogP contribution in [0.25, 0.3) is 0 Å². The Bertz CT molecular complexity index is 1040. The Morgan fingerprint density at radius 1 is 0.943 bits per heavy atom. The molecule has 1 aliphatic heterocycles. The van der Waals surface area contributed by atoms with E-state index in [-0.39, 0.29) is 35.9 Å². The van der Waals surface area contributed by atoms with E-state index >= 15 is 0 Å². The zero-order chi connectivity index (χ0) is 24.8. The molecule has 4 rings (SSSR count). The fourth-order valence-corrected chi connectivity index (χ4v) is 4.95. The molecule has 35 heavy (non-hydrogen) atoms. The highest BCUT2D eigenvalue weighted by atomic mass is 19.1. The van der Waals surface area contributed by atoms with Crippen LogP contribution in [0, 0.1) is 5.82 Å². The average molecular weight is 481 g/mol. The molecule has 0 radical (unpaired) electrons. The van der Waals surface area contributed by atoms with Gasteiger partial charge in [-0.25, -0.2) is 4.39 Å². The van der Waals surface area contributed by atoms with Crippen LogP contribution in [0.4, 0.5) is 4.39 Å². The Morgan fingerprint density at radius 3 is 2.37 bits per heavy atom. The Hall–Kier alpha value is -3.26. The number of rotatable bonds is 6. The maximum Gasteiger partial charge on any atom is 0.264 e. The number of nitrogens with one attached hydrogen (secondary N) is 1. The van der Waals surface area contributed by atoms with Crippen molar-refractivity contribution >= 4 is 17.7 Å². The van der Waals surface area contributed by atoms with Gasteiger partial charge < -0.3 is 20.9 Å². The fraction of sp³-hybridized carbons (Fsp3) is 0.444. The number of benzene rings is 2. The van der Waals surface area contributed by atoms with E-state index in [4.69, 9.17) is 5.73 Å². The second-order valence-electron chi connectivity index (χ2n) is 9.43. The number of nitrogens with two attached hydrogens (primary N) is 1. The maximum atomic E-state index is 13.8. The van der Waals surface area contributed by atoms with Crippen LogP contribution in [0.3, 0.4) is 0 Å². The smallest absolute Gasteiger partial charge is 0.264 e. The molecule has 0 aromatic heterocycles. The number of halogens is 1. The van der Waals surface area contributed by atoms with E-state index in [9.17, 15) is 18.8 Å². The SMILES string of the molecule is NC1CCC(NC(=O)C2N(C(=O)CCc3ccccc3)CCCN2C(=O)c2cccc(F)c2)CC1. The van der Waals surface area contributed by atoms with Crippen molar-refractivity contribution in [2.75, 3.05) is 13.1 Å². The molecule has 3 N–H and O–H groups in total. The van der Waals surface area contributed by atoms with Crippen LogP contribution >= 0.6 is 0 Å². The van der Waals surface area contributed by atoms with Gasteiger partial charge in [-0.05, 0) is 62.3 Å². The lowest BCUT2D eigenvalue weighted by molar-refractivity contribution is -0.149. The predicted molar refractivity (Wildman–Crippen MR) is 131 cm³/mol. The number of aryl methyl sites for hydroxylation is 1. The summed E-state index contributed by atoms with van der Waals surface area (Å²) in [5, 5.41) is 3.06. The van der Waals surface area contributed by atoms with Crippen LogP contribution in [0.5, 0.6) is 0 Å². The molecule has 1 aliphatic carbocycles. The summed E-state index contributed by atoms with van der Waals surface area (Å²) >= 11 is 0. The molecule has 8 heteroatoms. The molecule has 186 valence electrons. The van der Waals surface area contributed by atoms with Gasteiger partial charge in [-0.2, -0.15) is 0 Å². The minimum atomic E-state index is -1.07. The lowest BCUT2D eigenvalue weighted by Gasteiger charge is -2.43. The van der Waals surface area contributed by atoms with Crippen molar-refractivity contribution in [1.82, 2.24) is 15.1 Å². The van der Waals surface area contributed by atoms with Crippen LogP contribution in [0.1, 0.15) is 54.4 Å². The molecular weight excluding hydrogens is 447 g/mol. The quantitative estimate of drug-likeness (QED) is 0.665. The van der Waals surface area contributed by atoms with Crippen LogP contribution in [0.15, 0.2) is 54.6 Å². The summed E-state index contributed by atoms with van der Waals surface area (Å²) in [6.07, 6.45) is 3.41. The normalized spacial score (nSPS) is 22.5. The largest absolute Gasteiger partial charge is 0.350 e. The molecule has 1 saturated carbocycles. The average Bonchev–Trinajstić information content (AvgIpc) is 2.88. The molecule has 1 saturated heterocycles. The number of amides is 3. The predicted octanol–water partition coefficient (Wildman–Crippen LogP) is 2.85. The van der Waals surface area contributed by atoms with Gasteiger partial charge >= 0.3 is 0 Å². The van der Waals surface area contributed by atoms with Crippen LogP contribution in [-0.2, 0) is 16.0 Å². The molecule has 1 unspecified atom stereocenters. The molecule has 0 spiro atoms. The van der Waals surface area contributed by atoms with E-state index in [0.29, 0.717) is 25.9 Å². The van der Waals surface area contributed by atoms with Gasteiger partial charge in [0.15, 0.2) is 6.17 Å². The van der Waals surface area contributed by atoms with E-state index in [1.807, 2.05) is 30.3 Å². The summed E-state index contributed by atoms with van der Waals surface area (Å²) in [7, 11) is 0. The standard InChI is InChI=1S/C27H33FN4O3/c28-21-9-4-8-20(18-21)27(35)32-17-5-16-31(24(33)15-10-19-6-2-1-3-7-19)26(32)25(34)30-23-13-11-22(29)12-14-23/h1-4,6-9,18,22-23,26H,5,10-17,29H2,(H,30,34). The second-order valence-corrected chi connectivity index (χ2v) is 9.43. The Balaban J connectivity index is 1.55. The Morgan fingerprint density at radius 2 is 1.66 bits per heavy atom. The number of carbonyl (C=O) groups excluding carboxylic acids is 3. The molecule has 2 aromatic carbocycles. The highest BCUT2D eigenvalue weighted by Gasteiger charge is 2.41. The molecule has 2 fully saturated rings. The summed E-state index contributed by atoms with van der Waals surface area (Å²) in [5.41, 5.74) is 7.19. The summed E-state index contributed by atoms with van der Waals surface area (Å²) in [6.45, 7) is 0.694. The van der Waals surface area contributed by atoms with Crippen LogP contribution in [-0.4, -0.2) is 58.9 Å². The highest BCUT2D eigenvalue weighted by Crippen LogP contribution is 2.22. The van der Waals surface area contributed by atoms with Crippen molar-refractivity contribution in [3.05, 3.63) is 71.5 Å². The summed E-state index contributed by atoms with van der Waals surface area (Å²) in [4.78, 5) is 43.1. The Labute approximate surface area is 205 Å². The van der Waals surface area contributed by atoms with Gasteiger partial charge in [0.1, 0.15) is 5.82 Å². The Kier molecular flexibility index (Phi) is 8.13. The number of hydrogen-bond acceptors (Lipinski definition) is 4. The molecule has 0 bridgehead atoms. The third-order valence-electron chi connectivity index (χ3n) is 6.86. The first kappa shape index (κ1) is 24.9. The van der Waals surface area contributed by atoms with Gasteiger partial charge in [-0.3, -0.25) is 14.4 Å². The lowest BCUT2D eigenvalue weighted by Crippen LogP contribution is -2.64. The van der Waals surface area contributed by atoms with Crippen LogP contribution < -0.4 is 11.1 Å². The van der Waals surface area contributed by atoms with Gasteiger partial charge in [-0.15, -0.1) is 0 Å². The number of hydrogen-bond donors (Lipinski definition) is 2. The maximum absolute atomic E-state index is 13.8. The van der Waals surface area contributed by atoms with Gasteiger partial charge in [0, 0.05) is 37.2 Å². The van der Waals surface area contributed by atoms with Gasteiger partial charge in [0.05, 0.1) is 0 Å². The summed E-state index contributed by atoms with van der Waals surface area (Å²) in [5.74, 6) is -1.54. The zero-order valence-corrected chi connectivity index (χ0v) is 19.9. The molecule has 1 heterocycles. The molecule has 7 nitrogen and oxygen atoms in total. The summed E-state index contributed by atoms with van der Waals surface area (Å²) < 4.78 is 13.8. The first-order valence-electron chi connectivity index (χ1n) is 12.4. The minimum Gasteiger partial charge on any atom is -0.350 e. The van der Waals surface area contributed by atoms with Crippen LogP contribution in [0.2, 0.25) is 0 Å². The second kappa shape index (κ2) is 11.4. The topological polar surface area (TPSA) is 95.7 Å². The van der Waals surface area contributed by atoms with E-state index < -0.39 is 17.9 Å². The first-order chi connectivity index (χ1) is 16.9. The van der Waals surface area contributed by atoms with Gasteiger partial charge in [-0.1, -0.05) is 36.4 Å². The van der Waals surface area contributed by atoms with Crippen molar-refractivity contribution in [3.8, 4) is 0 Å². The van der Waals surface area contributed by atoms with Crippen molar-refractivity contribution in [2.45, 2.75) is 63.2 Å². The molecular formula is C27H33FN4O3. The first-order valence-corrected chi connectivity index (χ1v) is 12.4. The minimum absolute atomic E-state index is 0.0448. The summed E-state index contributed by atoms with van der Waals surface area (Å²) in [6, 6.07) is 15.2. The fourth-order valence-electron chi connectivity index (χ4n) is 4.95. The molecule has 1 atom stereocenters. The van der Waals surface area contributed by atoms with Gasteiger partial charge in [0.25, 0.3) is 11.8 Å². The number of nitrogens with zero attached hydrogens (tertiary/aromatic N) is 2. The number of carbonyl (C=O) groups is 3. The molecule has 2 aromatic rings. The van der Waals surface area contributed by atoms with Gasteiger partial charge in [0.2, 0.25) is 5.91 Å². The zero-order valence-electron chi connectivity index (χ0n) is 19.9. The van der Waals surface area contributed by atoms with E-state index in [2.05, 4.69) is 5.32 Å². The van der Waals surface area contributed by atoms with Crippen molar-refractivity contribution in [3.63, 3.8) is 0 Å².